The van der Waals surface area contributed by atoms with E-state index in [2.05, 4.69) is 22.1 Å². The Labute approximate surface area is 159 Å². The zero-order valence-corrected chi connectivity index (χ0v) is 15.4. The third kappa shape index (κ3) is 5.50. The maximum absolute atomic E-state index is 9.39. The smallest absolute Gasteiger partial charge is 0.151 e. The summed E-state index contributed by atoms with van der Waals surface area (Å²) in [5, 5.41) is 18.6. The van der Waals surface area contributed by atoms with Crippen molar-refractivity contribution in [2.75, 3.05) is 0 Å². The minimum absolute atomic E-state index is 0.241. The van der Waals surface area contributed by atoms with E-state index in [4.69, 9.17) is 0 Å². The van der Waals surface area contributed by atoms with Gasteiger partial charge < -0.3 is 10.2 Å². The van der Waals surface area contributed by atoms with Crippen molar-refractivity contribution in [1.29, 1.82) is 0 Å². The van der Waals surface area contributed by atoms with Gasteiger partial charge in [0.1, 0.15) is 5.75 Å². The predicted molar refractivity (Wildman–Crippen MR) is 109 cm³/mol. The van der Waals surface area contributed by atoms with E-state index in [1.165, 1.54) is 0 Å². The Hall–Kier alpha value is -2.98. The molecule has 3 rings (SSSR count). The van der Waals surface area contributed by atoms with Crippen molar-refractivity contribution in [3.05, 3.63) is 72.8 Å². The van der Waals surface area contributed by atoms with Crippen molar-refractivity contribution in [2.45, 2.75) is 32.3 Å². The fourth-order valence-corrected chi connectivity index (χ4v) is 2.80. The lowest BCUT2D eigenvalue weighted by atomic mass is 10.0. The SMILES string of the molecule is CC(O)CCCC=Cc1ncc(-c2ccc(-c3ccc(O)cc3)cc2)cn1. The van der Waals surface area contributed by atoms with Crippen LogP contribution in [0.25, 0.3) is 28.3 Å². The van der Waals surface area contributed by atoms with E-state index in [9.17, 15) is 10.2 Å². The van der Waals surface area contributed by atoms with Crippen LogP contribution in [0.5, 0.6) is 5.75 Å². The Morgan fingerprint density at radius 2 is 1.37 bits per heavy atom. The van der Waals surface area contributed by atoms with Crippen molar-refractivity contribution in [1.82, 2.24) is 9.97 Å². The second kappa shape index (κ2) is 9.10. The van der Waals surface area contributed by atoms with Crippen LogP contribution in [0.3, 0.4) is 0 Å². The van der Waals surface area contributed by atoms with E-state index >= 15 is 0 Å². The van der Waals surface area contributed by atoms with Crippen molar-refractivity contribution >= 4 is 6.08 Å². The molecule has 1 atom stereocenters. The lowest BCUT2D eigenvalue weighted by Crippen LogP contribution is -1.97. The molecule has 0 aliphatic carbocycles. The Kier molecular flexibility index (Phi) is 6.34. The zero-order valence-electron chi connectivity index (χ0n) is 15.4. The molecule has 1 unspecified atom stereocenters. The monoisotopic (exact) mass is 360 g/mol. The molecule has 4 heteroatoms. The van der Waals surface area contributed by atoms with Gasteiger partial charge in [-0.15, -0.1) is 0 Å². The van der Waals surface area contributed by atoms with Crippen LogP contribution in [0.4, 0.5) is 0 Å². The van der Waals surface area contributed by atoms with Gasteiger partial charge in [-0.05, 0) is 61.1 Å². The van der Waals surface area contributed by atoms with Gasteiger partial charge >= 0.3 is 0 Å². The quantitative estimate of drug-likeness (QED) is 0.577. The van der Waals surface area contributed by atoms with Crippen molar-refractivity contribution in [3.63, 3.8) is 0 Å². The van der Waals surface area contributed by atoms with Gasteiger partial charge in [0, 0.05) is 18.0 Å². The highest BCUT2D eigenvalue weighted by Crippen LogP contribution is 2.25. The summed E-state index contributed by atoms with van der Waals surface area (Å²) in [4.78, 5) is 8.81. The summed E-state index contributed by atoms with van der Waals surface area (Å²) in [6.45, 7) is 1.81. The maximum Gasteiger partial charge on any atom is 0.151 e. The molecule has 0 saturated carbocycles. The van der Waals surface area contributed by atoms with Crippen LogP contribution in [0.2, 0.25) is 0 Å². The first-order chi connectivity index (χ1) is 13.1. The normalized spacial score (nSPS) is 12.4. The second-order valence-corrected chi connectivity index (χ2v) is 6.64. The number of aromatic nitrogens is 2. The van der Waals surface area contributed by atoms with Crippen LogP contribution >= 0.6 is 0 Å². The van der Waals surface area contributed by atoms with Crippen LogP contribution in [-0.2, 0) is 0 Å². The highest BCUT2D eigenvalue weighted by molar-refractivity contribution is 5.70. The average molecular weight is 360 g/mol. The van der Waals surface area contributed by atoms with Crippen LogP contribution in [0.15, 0.2) is 67.0 Å². The number of rotatable bonds is 7. The van der Waals surface area contributed by atoms with Crippen LogP contribution in [0.1, 0.15) is 32.0 Å². The Morgan fingerprint density at radius 1 is 0.852 bits per heavy atom. The van der Waals surface area contributed by atoms with Gasteiger partial charge in [0.25, 0.3) is 0 Å². The molecule has 0 aliphatic heterocycles. The van der Waals surface area contributed by atoms with E-state index in [1.807, 2.05) is 55.7 Å². The maximum atomic E-state index is 9.39. The highest BCUT2D eigenvalue weighted by atomic mass is 16.3. The van der Waals surface area contributed by atoms with Gasteiger partial charge in [-0.3, -0.25) is 0 Å². The molecule has 1 aromatic heterocycles. The molecule has 4 nitrogen and oxygen atoms in total. The standard InChI is InChI=1S/C23H24N2O2/c1-17(26)5-3-2-4-6-23-24-15-21(16-25-23)20-9-7-18(8-10-20)19-11-13-22(27)14-12-19/h4,6-17,26-27H,2-3,5H2,1H3. The predicted octanol–water partition coefficient (Wildman–Crippen LogP) is 5.08. The number of hydrogen-bond donors (Lipinski definition) is 2. The van der Waals surface area contributed by atoms with Gasteiger partial charge in [0.15, 0.2) is 5.82 Å². The number of nitrogens with zero attached hydrogens (tertiary/aromatic N) is 2. The van der Waals surface area contributed by atoms with Gasteiger partial charge in [-0.1, -0.05) is 42.5 Å². The summed E-state index contributed by atoms with van der Waals surface area (Å²) in [6, 6.07) is 15.4. The highest BCUT2D eigenvalue weighted by Gasteiger charge is 2.02. The van der Waals surface area contributed by atoms with Crippen LogP contribution in [0, 0.1) is 0 Å². The number of aromatic hydroxyl groups is 1. The number of phenols is 1. The molecule has 27 heavy (non-hydrogen) atoms. The molecule has 138 valence electrons. The minimum atomic E-state index is -0.241. The summed E-state index contributed by atoms with van der Waals surface area (Å²) in [5.41, 5.74) is 4.19. The van der Waals surface area contributed by atoms with Gasteiger partial charge in [0.05, 0.1) is 6.10 Å². The molecule has 0 fully saturated rings. The second-order valence-electron chi connectivity index (χ2n) is 6.64. The summed E-state index contributed by atoms with van der Waals surface area (Å²) < 4.78 is 0. The number of phenolic OH excluding ortho intramolecular Hbond substituents is 1. The summed E-state index contributed by atoms with van der Waals surface area (Å²) in [6.07, 6.45) is 10.1. The molecule has 0 aliphatic rings. The van der Waals surface area contributed by atoms with Crippen LogP contribution < -0.4 is 0 Å². The van der Waals surface area contributed by atoms with E-state index in [1.54, 1.807) is 12.1 Å². The Morgan fingerprint density at radius 3 is 1.93 bits per heavy atom. The summed E-state index contributed by atoms with van der Waals surface area (Å²) in [7, 11) is 0. The fraction of sp³-hybridized carbons (Fsp3) is 0.217. The van der Waals surface area contributed by atoms with Crippen LogP contribution in [-0.4, -0.2) is 26.3 Å². The third-order valence-corrected chi connectivity index (χ3v) is 4.35. The van der Waals surface area contributed by atoms with E-state index < -0.39 is 0 Å². The topological polar surface area (TPSA) is 66.2 Å². The number of aliphatic hydroxyl groups excluding tert-OH is 1. The molecule has 0 bridgehead atoms. The first kappa shape index (κ1) is 18.8. The number of aliphatic hydroxyl groups is 1. The lowest BCUT2D eigenvalue weighted by Gasteiger charge is -2.05. The number of allylic oxidation sites excluding steroid dienone is 1. The molecule has 0 spiro atoms. The van der Waals surface area contributed by atoms with Gasteiger partial charge in [0.2, 0.25) is 0 Å². The Bertz CT molecular complexity index is 868. The fourth-order valence-electron chi connectivity index (χ4n) is 2.80. The molecular weight excluding hydrogens is 336 g/mol. The van der Waals surface area contributed by atoms with Crippen molar-refractivity contribution < 1.29 is 10.2 Å². The molecule has 0 amide bonds. The molecule has 3 aromatic rings. The van der Waals surface area contributed by atoms with Crippen molar-refractivity contribution in [3.8, 4) is 28.0 Å². The largest absolute Gasteiger partial charge is 0.508 e. The van der Waals surface area contributed by atoms with Crippen molar-refractivity contribution in [2.24, 2.45) is 0 Å². The van der Waals surface area contributed by atoms with E-state index in [0.717, 1.165) is 41.5 Å². The van der Waals surface area contributed by atoms with E-state index in [-0.39, 0.29) is 11.9 Å². The lowest BCUT2D eigenvalue weighted by molar-refractivity contribution is 0.182. The molecule has 0 saturated heterocycles. The number of unbranched alkanes of at least 4 members (excludes halogenated alkanes) is 1. The Balaban J connectivity index is 1.63. The first-order valence-corrected chi connectivity index (χ1v) is 9.18. The van der Waals surface area contributed by atoms with E-state index in [0.29, 0.717) is 5.82 Å². The number of benzene rings is 2. The molecule has 2 N–H and O–H groups in total. The summed E-state index contributed by atoms with van der Waals surface area (Å²) >= 11 is 0. The molecule has 0 radical (unpaired) electrons. The molecule has 2 aromatic carbocycles. The first-order valence-electron chi connectivity index (χ1n) is 9.18. The van der Waals surface area contributed by atoms with Gasteiger partial charge in [-0.2, -0.15) is 0 Å². The third-order valence-electron chi connectivity index (χ3n) is 4.35. The zero-order chi connectivity index (χ0) is 19.1. The minimum Gasteiger partial charge on any atom is -0.508 e. The number of hydrogen-bond acceptors (Lipinski definition) is 4. The molecule has 1 heterocycles. The molecular formula is C23H24N2O2. The van der Waals surface area contributed by atoms with Gasteiger partial charge in [-0.25, -0.2) is 9.97 Å². The average Bonchev–Trinajstić information content (AvgIpc) is 2.69. The summed E-state index contributed by atoms with van der Waals surface area (Å²) in [5.74, 6) is 0.959.